The van der Waals surface area contributed by atoms with Crippen LogP contribution in [0.4, 0.5) is 5.69 Å². The monoisotopic (exact) mass is 264 g/mol. The van der Waals surface area contributed by atoms with Gasteiger partial charge in [0.15, 0.2) is 6.61 Å². The zero-order valence-corrected chi connectivity index (χ0v) is 12.1. The van der Waals surface area contributed by atoms with Gasteiger partial charge in [-0.05, 0) is 43.5 Å². The number of hydrogen-bond donors (Lipinski definition) is 1. The molecule has 1 aromatic rings. The van der Waals surface area contributed by atoms with Gasteiger partial charge in [0.1, 0.15) is 5.75 Å². The van der Waals surface area contributed by atoms with E-state index in [9.17, 15) is 4.79 Å². The number of carbonyl (C=O) groups excluding carboxylic acids is 1. The molecular formula is C15H24N2O2. The minimum absolute atomic E-state index is 0.0416. The summed E-state index contributed by atoms with van der Waals surface area (Å²) in [6, 6.07) is 5.43. The van der Waals surface area contributed by atoms with Gasteiger partial charge in [0, 0.05) is 18.8 Å². The van der Waals surface area contributed by atoms with Gasteiger partial charge in [-0.25, -0.2) is 0 Å². The van der Waals surface area contributed by atoms with Crippen molar-refractivity contribution in [3.05, 3.63) is 23.8 Å². The summed E-state index contributed by atoms with van der Waals surface area (Å²) >= 11 is 0. The molecule has 0 bridgehead atoms. The van der Waals surface area contributed by atoms with E-state index in [1.807, 2.05) is 24.0 Å². The smallest absolute Gasteiger partial charge is 0.260 e. The van der Waals surface area contributed by atoms with Crippen LogP contribution < -0.4 is 10.5 Å². The van der Waals surface area contributed by atoms with Gasteiger partial charge in [-0.3, -0.25) is 4.79 Å². The van der Waals surface area contributed by atoms with Crippen LogP contribution in [-0.4, -0.2) is 30.5 Å². The first-order chi connectivity index (χ1) is 9.08. The van der Waals surface area contributed by atoms with Crippen molar-refractivity contribution in [3.8, 4) is 5.75 Å². The molecule has 4 nitrogen and oxygen atoms in total. The third kappa shape index (κ3) is 4.81. The molecule has 4 heteroatoms. The Morgan fingerprint density at radius 1 is 1.26 bits per heavy atom. The van der Waals surface area contributed by atoms with Crippen LogP contribution in [-0.2, 0) is 4.79 Å². The van der Waals surface area contributed by atoms with E-state index in [1.165, 1.54) is 0 Å². The fourth-order valence-corrected chi connectivity index (χ4v) is 1.97. The van der Waals surface area contributed by atoms with Crippen molar-refractivity contribution in [3.63, 3.8) is 0 Å². The highest BCUT2D eigenvalue weighted by atomic mass is 16.5. The molecule has 19 heavy (non-hydrogen) atoms. The molecule has 1 amide bonds. The number of benzene rings is 1. The summed E-state index contributed by atoms with van der Waals surface area (Å²) < 4.78 is 5.58. The predicted molar refractivity (Wildman–Crippen MR) is 78.2 cm³/mol. The summed E-state index contributed by atoms with van der Waals surface area (Å²) in [7, 11) is 0. The second-order valence-corrected chi connectivity index (χ2v) is 4.69. The minimum Gasteiger partial charge on any atom is -0.483 e. The molecule has 0 aliphatic heterocycles. The summed E-state index contributed by atoms with van der Waals surface area (Å²) in [4.78, 5) is 13.9. The Kier molecular flexibility index (Phi) is 6.19. The van der Waals surface area contributed by atoms with Crippen LogP contribution in [0.25, 0.3) is 0 Å². The Hall–Kier alpha value is -1.71. The summed E-state index contributed by atoms with van der Waals surface area (Å²) in [6.07, 6.45) is 1.93. The van der Waals surface area contributed by atoms with Crippen LogP contribution >= 0.6 is 0 Å². The Labute approximate surface area is 115 Å². The molecule has 0 aromatic heterocycles. The van der Waals surface area contributed by atoms with Gasteiger partial charge in [-0.1, -0.05) is 13.8 Å². The van der Waals surface area contributed by atoms with Crippen molar-refractivity contribution in [1.82, 2.24) is 4.90 Å². The molecule has 0 unspecified atom stereocenters. The van der Waals surface area contributed by atoms with E-state index in [0.29, 0.717) is 5.69 Å². The van der Waals surface area contributed by atoms with E-state index < -0.39 is 0 Å². The predicted octanol–water partition coefficient (Wildman–Crippen LogP) is 2.60. The Morgan fingerprint density at radius 3 is 2.42 bits per heavy atom. The molecule has 2 N–H and O–H groups in total. The van der Waals surface area contributed by atoms with Crippen LogP contribution in [0.5, 0.6) is 5.75 Å². The van der Waals surface area contributed by atoms with Crippen LogP contribution in [0, 0.1) is 6.92 Å². The molecule has 0 heterocycles. The van der Waals surface area contributed by atoms with Crippen molar-refractivity contribution < 1.29 is 9.53 Å². The van der Waals surface area contributed by atoms with Gasteiger partial charge >= 0.3 is 0 Å². The summed E-state index contributed by atoms with van der Waals surface area (Å²) in [5.74, 6) is 0.760. The number of carbonyl (C=O) groups is 1. The average molecular weight is 264 g/mol. The number of nitrogens with two attached hydrogens (primary N) is 1. The molecule has 0 aliphatic rings. The highest BCUT2D eigenvalue weighted by molar-refractivity contribution is 5.77. The highest BCUT2D eigenvalue weighted by Crippen LogP contribution is 2.20. The molecule has 0 atom stereocenters. The molecular weight excluding hydrogens is 240 g/mol. The zero-order chi connectivity index (χ0) is 14.3. The van der Waals surface area contributed by atoms with E-state index in [0.717, 1.165) is 37.2 Å². The van der Waals surface area contributed by atoms with Gasteiger partial charge in [-0.15, -0.1) is 0 Å². The SMILES string of the molecule is CCCN(CCC)C(=O)COc1ccc(N)cc1C. The van der Waals surface area contributed by atoms with Crippen molar-refractivity contribution in [2.75, 3.05) is 25.4 Å². The lowest BCUT2D eigenvalue weighted by Gasteiger charge is -2.21. The van der Waals surface area contributed by atoms with Gasteiger partial charge in [0.2, 0.25) is 0 Å². The topological polar surface area (TPSA) is 55.6 Å². The normalized spacial score (nSPS) is 10.3. The molecule has 1 rings (SSSR count). The Bertz CT molecular complexity index is 413. The number of anilines is 1. The van der Waals surface area contributed by atoms with E-state index in [-0.39, 0.29) is 12.5 Å². The van der Waals surface area contributed by atoms with Crippen LogP contribution in [0.2, 0.25) is 0 Å². The molecule has 0 spiro atoms. The first kappa shape index (κ1) is 15.3. The van der Waals surface area contributed by atoms with Gasteiger partial charge < -0.3 is 15.4 Å². The quantitative estimate of drug-likeness (QED) is 0.770. The number of ether oxygens (including phenoxy) is 1. The number of aryl methyl sites for hydroxylation is 1. The summed E-state index contributed by atoms with van der Waals surface area (Å²) in [5, 5.41) is 0. The van der Waals surface area contributed by atoms with E-state index in [4.69, 9.17) is 10.5 Å². The number of nitrogens with zero attached hydrogens (tertiary/aromatic N) is 1. The summed E-state index contributed by atoms with van der Waals surface area (Å²) in [6.45, 7) is 7.73. The number of amides is 1. The lowest BCUT2D eigenvalue weighted by atomic mass is 10.2. The van der Waals surface area contributed by atoms with Crippen molar-refractivity contribution in [1.29, 1.82) is 0 Å². The molecule has 0 saturated heterocycles. The molecule has 106 valence electrons. The molecule has 0 saturated carbocycles. The van der Waals surface area contributed by atoms with Crippen LogP contribution in [0.15, 0.2) is 18.2 Å². The van der Waals surface area contributed by atoms with E-state index in [2.05, 4.69) is 13.8 Å². The minimum atomic E-state index is 0.0416. The number of nitrogen functional groups attached to an aromatic ring is 1. The van der Waals surface area contributed by atoms with Crippen molar-refractivity contribution >= 4 is 11.6 Å². The van der Waals surface area contributed by atoms with Crippen molar-refractivity contribution in [2.45, 2.75) is 33.6 Å². The van der Waals surface area contributed by atoms with E-state index >= 15 is 0 Å². The maximum Gasteiger partial charge on any atom is 0.260 e. The first-order valence-electron chi connectivity index (χ1n) is 6.85. The maximum absolute atomic E-state index is 12.1. The largest absolute Gasteiger partial charge is 0.483 e. The fraction of sp³-hybridized carbons (Fsp3) is 0.533. The molecule has 0 fully saturated rings. The highest BCUT2D eigenvalue weighted by Gasteiger charge is 2.12. The van der Waals surface area contributed by atoms with Crippen LogP contribution in [0.3, 0.4) is 0 Å². The van der Waals surface area contributed by atoms with Gasteiger partial charge in [0.25, 0.3) is 5.91 Å². The summed E-state index contributed by atoms with van der Waals surface area (Å²) in [5.41, 5.74) is 7.33. The van der Waals surface area contributed by atoms with Gasteiger partial charge in [0.05, 0.1) is 0 Å². The first-order valence-corrected chi connectivity index (χ1v) is 6.85. The second kappa shape index (κ2) is 7.67. The third-order valence-corrected chi connectivity index (χ3v) is 2.89. The molecule has 1 aromatic carbocycles. The molecule has 0 aliphatic carbocycles. The van der Waals surface area contributed by atoms with Crippen molar-refractivity contribution in [2.24, 2.45) is 0 Å². The Balaban J connectivity index is 2.56. The van der Waals surface area contributed by atoms with Crippen LogP contribution in [0.1, 0.15) is 32.3 Å². The molecule has 0 radical (unpaired) electrons. The fourth-order valence-electron chi connectivity index (χ4n) is 1.97. The second-order valence-electron chi connectivity index (χ2n) is 4.69. The zero-order valence-electron chi connectivity index (χ0n) is 12.1. The lowest BCUT2D eigenvalue weighted by Crippen LogP contribution is -2.36. The van der Waals surface area contributed by atoms with Gasteiger partial charge in [-0.2, -0.15) is 0 Å². The maximum atomic E-state index is 12.1. The standard InChI is InChI=1S/C15H24N2O2/c1-4-8-17(9-5-2)15(18)11-19-14-7-6-13(16)10-12(14)3/h6-7,10H,4-5,8-9,11,16H2,1-3H3. The number of hydrogen-bond acceptors (Lipinski definition) is 3. The number of rotatable bonds is 7. The average Bonchev–Trinajstić information content (AvgIpc) is 2.37. The van der Waals surface area contributed by atoms with E-state index in [1.54, 1.807) is 6.07 Å². The third-order valence-electron chi connectivity index (χ3n) is 2.89. The lowest BCUT2D eigenvalue weighted by molar-refractivity contribution is -0.133. The Morgan fingerprint density at radius 2 is 1.89 bits per heavy atom.